The van der Waals surface area contributed by atoms with Crippen molar-refractivity contribution in [2.24, 2.45) is 11.3 Å². The van der Waals surface area contributed by atoms with Crippen molar-refractivity contribution in [3.05, 3.63) is 18.5 Å². The second-order valence-electron chi connectivity index (χ2n) is 5.48. The first-order chi connectivity index (χ1) is 7.80. The smallest absolute Gasteiger partial charge is 0.224 e. The van der Waals surface area contributed by atoms with Crippen LogP contribution >= 0.6 is 0 Å². The summed E-state index contributed by atoms with van der Waals surface area (Å²) in [6.45, 7) is 8.47. The quantitative estimate of drug-likeness (QED) is 0.846. The summed E-state index contributed by atoms with van der Waals surface area (Å²) >= 11 is 0. The summed E-state index contributed by atoms with van der Waals surface area (Å²) in [6, 6.07) is 1.70. The van der Waals surface area contributed by atoms with E-state index < -0.39 is 0 Å². The Morgan fingerprint density at radius 2 is 2.18 bits per heavy atom. The van der Waals surface area contributed by atoms with E-state index in [4.69, 9.17) is 5.73 Å². The molecule has 4 heteroatoms. The van der Waals surface area contributed by atoms with E-state index in [1.165, 1.54) is 6.20 Å². The highest BCUT2D eigenvalue weighted by Gasteiger charge is 2.22. The highest BCUT2D eigenvalue weighted by Crippen LogP contribution is 2.28. The Morgan fingerprint density at radius 3 is 2.71 bits per heavy atom. The number of nitrogens with zero attached hydrogens (tertiary/aromatic N) is 1. The lowest BCUT2D eigenvalue weighted by Crippen LogP contribution is -2.24. The minimum atomic E-state index is -0.00896. The number of carbonyl (C=O) groups is 1. The number of nitrogens with one attached hydrogen (secondary N) is 1. The van der Waals surface area contributed by atoms with Crippen LogP contribution in [0, 0.1) is 11.3 Å². The van der Waals surface area contributed by atoms with Gasteiger partial charge in [0.25, 0.3) is 0 Å². The zero-order valence-electron chi connectivity index (χ0n) is 10.9. The monoisotopic (exact) mass is 235 g/mol. The molecule has 1 atom stereocenters. The Bertz CT molecular complexity index is 396. The van der Waals surface area contributed by atoms with Crippen LogP contribution in [0.2, 0.25) is 0 Å². The van der Waals surface area contributed by atoms with Gasteiger partial charge in [-0.3, -0.25) is 9.78 Å². The summed E-state index contributed by atoms with van der Waals surface area (Å²) in [6.07, 6.45) is 3.63. The van der Waals surface area contributed by atoms with Crippen molar-refractivity contribution in [2.45, 2.75) is 34.1 Å². The van der Waals surface area contributed by atoms with Gasteiger partial charge in [0.1, 0.15) is 0 Å². The molecule has 1 unspecified atom stereocenters. The van der Waals surface area contributed by atoms with Gasteiger partial charge in [-0.25, -0.2) is 0 Å². The number of anilines is 2. The second-order valence-corrected chi connectivity index (χ2v) is 5.48. The molecule has 0 saturated carbocycles. The average molecular weight is 235 g/mol. The predicted molar refractivity (Wildman–Crippen MR) is 70.5 cm³/mol. The third-order valence-electron chi connectivity index (χ3n) is 3.10. The van der Waals surface area contributed by atoms with E-state index in [0.717, 1.165) is 0 Å². The van der Waals surface area contributed by atoms with Gasteiger partial charge < -0.3 is 11.1 Å². The fraction of sp³-hybridized carbons (Fsp3) is 0.538. The number of nitrogens with two attached hydrogens (primary N) is 1. The van der Waals surface area contributed by atoms with Crippen molar-refractivity contribution in [3.63, 3.8) is 0 Å². The van der Waals surface area contributed by atoms with Gasteiger partial charge in [0.05, 0.1) is 17.6 Å². The van der Waals surface area contributed by atoms with Crippen molar-refractivity contribution < 1.29 is 4.79 Å². The van der Waals surface area contributed by atoms with Crippen LogP contribution in [-0.4, -0.2) is 10.9 Å². The van der Waals surface area contributed by atoms with Gasteiger partial charge in [0.15, 0.2) is 0 Å². The molecule has 0 aliphatic rings. The van der Waals surface area contributed by atoms with Crippen molar-refractivity contribution in [1.82, 2.24) is 4.98 Å². The zero-order chi connectivity index (χ0) is 13.1. The van der Waals surface area contributed by atoms with Crippen LogP contribution in [0.15, 0.2) is 18.5 Å². The molecule has 0 fully saturated rings. The van der Waals surface area contributed by atoms with E-state index in [1.54, 1.807) is 12.3 Å². The fourth-order valence-electron chi connectivity index (χ4n) is 1.31. The average Bonchev–Trinajstić information content (AvgIpc) is 2.20. The van der Waals surface area contributed by atoms with Gasteiger partial charge in [-0.15, -0.1) is 0 Å². The summed E-state index contributed by atoms with van der Waals surface area (Å²) < 4.78 is 0. The normalized spacial score (nSPS) is 13.2. The van der Waals surface area contributed by atoms with Crippen LogP contribution in [0.3, 0.4) is 0 Å². The molecule has 0 aliphatic carbocycles. The minimum Gasteiger partial charge on any atom is -0.396 e. The molecule has 0 aliphatic heterocycles. The third-order valence-corrected chi connectivity index (χ3v) is 3.10. The maximum atomic E-state index is 11.8. The number of hydrogen-bond acceptors (Lipinski definition) is 3. The number of pyridine rings is 1. The number of amides is 1. The molecule has 1 rings (SSSR count). The summed E-state index contributed by atoms with van der Waals surface area (Å²) in [5.74, 6) is 0.302. The first kappa shape index (κ1) is 13.5. The Balaban J connectivity index is 2.60. The van der Waals surface area contributed by atoms with Crippen LogP contribution in [-0.2, 0) is 4.79 Å². The van der Waals surface area contributed by atoms with E-state index in [-0.39, 0.29) is 11.3 Å². The van der Waals surface area contributed by atoms with Crippen LogP contribution in [0.4, 0.5) is 11.4 Å². The topological polar surface area (TPSA) is 68.0 Å². The number of nitrogen functional groups attached to an aromatic ring is 1. The molecular weight excluding hydrogens is 214 g/mol. The molecule has 0 bridgehead atoms. The van der Waals surface area contributed by atoms with Gasteiger partial charge >= 0.3 is 0 Å². The Morgan fingerprint density at radius 1 is 1.53 bits per heavy atom. The highest BCUT2D eigenvalue weighted by molar-refractivity contribution is 5.93. The van der Waals surface area contributed by atoms with E-state index >= 15 is 0 Å². The zero-order valence-corrected chi connectivity index (χ0v) is 10.9. The first-order valence-corrected chi connectivity index (χ1v) is 5.80. The molecular formula is C13H21N3O. The van der Waals surface area contributed by atoms with Gasteiger partial charge in [0, 0.05) is 12.6 Å². The molecule has 1 amide bonds. The van der Waals surface area contributed by atoms with Crippen molar-refractivity contribution in [1.29, 1.82) is 0 Å². The molecule has 94 valence electrons. The molecule has 17 heavy (non-hydrogen) atoms. The molecule has 1 heterocycles. The third kappa shape index (κ3) is 4.06. The lowest BCUT2D eigenvalue weighted by molar-refractivity contribution is -0.117. The number of rotatable bonds is 3. The SMILES string of the molecule is CC(CC(=O)Nc1ccncc1N)C(C)(C)C. The van der Waals surface area contributed by atoms with E-state index in [0.29, 0.717) is 23.7 Å². The molecule has 0 saturated heterocycles. The molecule has 0 radical (unpaired) electrons. The molecule has 0 aromatic carbocycles. The maximum absolute atomic E-state index is 11.8. The van der Waals surface area contributed by atoms with Crippen LogP contribution < -0.4 is 11.1 Å². The summed E-state index contributed by atoms with van der Waals surface area (Å²) in [5.41, 5.74) is 6.96. The standard InChI is InChI=1S/C13H21N3O/c1-9(13(2,3)4)7-12(17)16-11-5-6-15-8-10(11)14/h5-6,8-9H,7,14H2,1-4H3,(H,15,16,17). The fourth-order valence-corrected chi connectivity index (χ4v) is 1.31. The number of aromatic nitrogens is 1. The molecule has 1 aromatic heterocycles. The Kier molecular flexibility index (Phi) is 4.10. The van der Waals surface area contributed by atoms with Gasteiger partial charge in [-0.2, -0.15) is 0 Å². The van der Waals surface area contributed by atoms with Crippen LogP contribution in [0.1, 0.15) is 34.1 Å². The van der Waals surface area contributed by atoms with E-state index in [2.05, 4.69) is 38.0 Å². The lowest BCUT2D eigenvalue weighted by atomic mass is 9.80. The lowest BCUT2D eigenvalue weighted by Gasteiger charge is -2.26. The minimum absolute atomic E-state index is 0.00896. The first-order valence-electron chi connectivity index (χ1n) is 5.80. The van der Waals surface area contributed by atoms with Crippen molar-refractivity contribution in [2.75, 3.05) is 11.1 Å². The number of hydrogen-bond donors (Lipinski definition) is 2. The van der Waals surface area contributed by atoms with Gasteiger partial charge in [-0.1, -0.05) is 27.7 Å². The van der Waals surface area contributed by atoms with Gasteiger partial charge in [0.2, 0.25) is 5.91 Å². The molecule has 3 N–H and O–H groups in total. The molecule has 1 aromatic rings. The highest BCUT2D eigenvalue weighted by atomic mass is 16.1. The van der Waals surface area contributed by atoms with E-state index in [9.17, 15) is 4.79 Å². The predicted octanol–water partition coefficient (Wildman–Crippen LogP) is 2.67. The summed E-state index contributed by atoms with van der Waals surface area (Å²) in [7, 11) is 0. The second kappa shape index (κ2) is 5.17. The Labute approximate surface area is 103 Å². The molecule has 0 spiro atoms. The Hall–Kier alpha value is -1.58. The van der Waals surface area contributed by atoms with Crippen molar-refractivity contribution >= 4 is 17.3 Å². The van der Waals surface area contributed by atoms with E-state index in [1.807, 2.05) is 0 Å². The summed E-state index contributed by atoms with van der Waals surface area (Å²) in [5, 5.41) is 2.81. The largest absolute Gasteiger partial charge is 0.396 e. The molecule has 4 nitrogen and oxygen atoms in total. The van der Waals surface area contributed by atoms with Crippen molar-refractivity contribution in [3.8, 4) is 0 Å². The van der Waals surface area contributed by atoms with Gasteiger partial charge in [-0.05, 0) is 17.4 Å². The maximum Gasteiger partial charge on any atom is 0.224 e. The number of carbonyl (C=O) groups excluding carboxylic acids is 1. The van der Waals surface area contributed by atoms with Crippen LogP contribution in [0.25, 0.3) is 0 Å². The van der Waals surface area contributed by atoms with Crippen LogP contribution in [0.5, 0.6) is 0 Å². The summed E-state index contributed by atoms with van der Waals surface area (Å²) in [4.78, 5) is 15.7.